The number of benzene rings is 2. The Hall–Kier alpha value is -3.55. The number of rotatable bonds is 5. The van der Waals surface area contributed by atoms with Crippen molar-refractivity contribution in [3.63, 3.8) is 0 Å². The minimum Gasteiger partial charge on any atom is -0.370 e. The summed E-state index contributed by atoms with van der Waals surface area (Å²) < 4.78 is 13.2. The molecule has 26 heavy (non-hydrogen) atoms. The number of nitrogens with one attached hydrogen (secondary N) is 2. The molecule has 0 radical (unpaired) electrons. The number of aromatic amines is 1. The zero-order chi connectivity index (χ0) is 18.1. The molecule has 2 aromatic heterocycles. The van der Waals surface area contributed by atoms with Crippen LogP contribution in [0.1, 0.15) is 5.82 Å². The Morgan fingerprint density at radius 3 is 2.77 bits per heavy atom. The SMILES string of the molecule is O=[N+]([O-])c1ccc2nc(NCCc3nc4ccc(F)cc4[nH]3)ccc2c1. The zero-order valence-electron chi connectivity index (χ0n) is 13.6. The van der Waals surface area contributed by atoms with Gasteiger partial charge in [0.25, 0.3) is 5.69 Å². The van der Waals surface area contributed by atoms with E-state index in [1.165, 1.54) is 24.3 Å². The van der Waals surface area contributed by atoms with E-state index in [2.05, 4.69) is 20.3 Å². The van der Waals surface area contributed by atoms with Crippen LogP contribution in [0.4, 0.5) is 15.9 Å². The summed E-state index contributed by atoms with van der Waals surface area (Å²) in [6.45, 7) is 0.591. The van der Waals surface area contributed by atoms with Crippen molar-refractivity contribution in [2.24, 2.45) is 0 Å². The number of H-pyrrole nitrogens is 1. The fraction of sp³-hybridized carbons (Fsp3) is 0.111. The predicted molar refractivity (Wildman–Crippen MR) is 96.6 cm³/mol. The highest BCUT2D eigenvalue weighted by Gasteiger charge is 2.08. The molecular formula is C18H14FN5O2. The normalized spacial score (nSPS) is 11.1. The van der Waals surface area contributed by atoms with Crippen LogP contribution >= 0.6 is 0 Å². The first-order chi connectivity index (χ1) is 12.6. The number of imidazole rings is 1. The highest BCUT2D eigenvalue weighted by atomic mass is 19.1. The molecule has 0 bridgehead atoms. The second-order valence-electron chi connectivity index (χ2n) is 5.85. The van der Waals surface area contributed by atoms with Crippen molar-refractivity contribution in [3.8, 4) is 0 Å². The van der Waals surface area contributed by atoms with Gasteiger partial charge in [0.1, 0.15) is 17.5 Å². The van der Waals surface area contributed by atoms with Crippen LogP contribution in [0.25, 0.3) is 21.9 Å². The summed E-state index contributed by atoms with van der Waals surface area (Å²) in [4.78, 5) is 22.3. The lowest BCUT2D eigenvalue weighted by atomic mass is 10.2. The fourth-order valence-corrected chi connectivity index (χ4v) is 2.79. The third-order valence-electron chi connectivity index (χ3n) is 4.04. The molecule has 0 amide bonds. The lowest BCUT2D eigenvalue weighted by Crippen LogP contribution is -2.07. The van der Waals surface area contributed by atoms with Crippen LogP contribution in [0, 0.1) is 15.9 Å². The van der Waals surface area contributed by atoms with Gasteiger partial charge < -0.3 is 10.3 Å². The minimum atomic E-state index is -0.426. The monoisotopic (exact) mass is 351 g/mol. The molecule has 0 spiro atoms. The number of nitrogens with zero attached hydrogens (tertiary/aromatic N) is 3. The molecular weight excluding hydrogens is 337 g/mol. The number of anilines is 1. The van der Waals surface area contributed by atoms with Crippen LogP contribution in [-0.4, -0.2) is 26.4 Å². The van der Waals surface area contributed by atoms with Gasteiger partial charge >= 0.3 is 0 Å². The van der Waals surface area contributed by atoms with Crippen LogP contribution in [0.3, 0.4) is 0 Å². The average molecular weight is 351 g/mol. The molecule has 0 fully saturated rings. The maximum Gasteiger partial charge on any atom is 0.270 e. The molecule has 0 aliphatic heterocycles. The number of hydrogen-bond acceptors (Lipinski definition) is 5. The van der Waals surface area contributed by atoms with Crippen LogP contribution in [-0.2, 0) is 6.42 Å². The van der Waals surface area contributed by atoms with Gasteiger partial charge in [-0.3, -0.25) is 10.1 Å². The van der Waals surface area contributed by atoms with Crippen molar-refractivity contribution >= 4 is 33.4 Å². The molecule has 0 aliphatic rings. The maximum atomic E-state index is 13.2. The lowest BCUT2D eigenvalue weighted by Gasteiger charge is -2.05. The topological polar surface area (TPSA) is 96.7 Å². The molecule has 0 saturated heterocycles. The highest BCUT2D eigenvalue weighted by Crippen LogP contribution is 2.21. The van der Waals surface area contributed by atoms with Crippen LogP contribution in [0.2, 0.25) is 0 Å². The van der Waals surface area contributed by atoms with Crippen molar-refractivity contribution in [3.05, 3.63) is 70.3 Å². The summed E-state index contributed by atoms with van der Waals surface area (Å²) in [5, 5.41) is 14.7. The second kappa shape index (κ2) is 6.40. The van der Waals surface area contributed by atoms with Gasteiger partial charge in [0.05, 0.1) is 21.5 Å². The third-order valence-corrected chi connectivity index (χ3v) is 4.04. The lowest BCUT2D eigenvalue weighted by molar-refractivity contribution is -0.384. The quantitative estimate of drug-likeness (QED) is 0.421. The Labute approximate surface area is 147 Å². The fourth-order valence-electron chi connectivity index (χ4n) is 2.79. The third kappa shape index (κ3) is 3.16. The number of non-ortho nitro benzene ring substituents is 1. The first kappa shape index (κ1) is 15.9. The number of nitro benzene ring substituents is 1. The first-order valence-electron chi connectivity index (χ1n) is 8.02. The Bertz CT molecular complexity index is 1130. The van der Waals surface area contributed by atoms with Gasteiger partial charge in [-0.1, -0.05) is 0 Å². The van der Waals surface area contributed by atoms with Crippen molar-refractivity contribution in [2.75, 3.05) is 11.9 Å². The van der Waals surface area contributed by atoms with Gasteiger partial charge in [0.15, 0.2) is 0 Å². The standard InChI is InChI=1S/C18H14FN5O2/c19-12-2-4-15-16(10-12)23-18(22-15)7-8-20-17-6-1-11-9-13(24(25)26)3-5-14(11)21-17/h1-6,9-10H,7-8H2,(H,20,21)(H,22,23). The molecule has 8 heteroatoms. The molecule has 2 heterocycles. The van der Waals surface area contributed by atoms with E-state index in [1.807, 2.05) is 0 Å². The molecule has 4 rings (SSSR count). The molecule has 7 nitrogen and oxygen atoms in total. The number of nitro groups is 1. The summed E-state index contributed by atoms with van der Waals surface area (Å²) in [5.74, 6) is 1.13. The molecule has 0 aliphatic carbocycles. The van der Waals surface area contributed by atoms with Crippen LogP contribution in [0.15, 0.2) is 48.5 Å². The van der Waals surface area contributed by atoms with E-state index >= 15 is 0 Å². The molecule has 2 N–H and O–H groups in total. The van der Waals surface area contributed by atoms with E-state index in [9.17, 15) is 14.5 Å². The van der Waals surface area contributed by atoms with Gasteiger partial charge in [0.2, 0.25) is 0 Å². The molecule has 4 aromatic rings. The summed E-state index contributed by atoms with van der Waals surface area (Å²) in [6.07, 6.45) is 0.621. The minimum absolute atomic E-state index is 0.0429. The summed E-state index contributed by atoms with van der Waals surface area (Å²) in [7, 11) is 0. The zero-order valence-corrected chi connectivity index (χ0v) is 13.6. The Balaban J connectivity index is 1.45. The van der Waals surface area contributed by atoms with Crippen LogP contribution < -0.4 is 5.32 Å². The molecule has 0 unspecified atom stereocenters. The number of aromatic nitrogens is 3. The van der Waals surface area contributed by atoms with Gasteiger partial charge in [-0.2, -0.15) is 0 Å². The Morgan fingerprint density at radius 2 is 1.92 bits per heavy atom. The number of halogens is 1. The second-order valence-corrected chi connectivity index (χ2v) is 5.85. The number of pyridine rings is 1. The van der Waals surface area contributed by atoms with Crippen molar-refractivity contribution in [1.82, 2.24) is 15.0 Å². The number of hydrogen-bond donors (Lipinski definition) is 2. The van der Waals surface area contributed by atoms with E-state index in [0.717, 1.165) is 11.3 Å². The first-order valence-corrected chi connectivity index (χ1v) is 8.02. The largest absolute Gasteiger partial charge is 0.370 e. The van der Waals surface area contributed by atoms with Crippen molar-refractivity contribution in [1.29, 1.82) is 0 Å². The maximum absolute atomic E-state index is 13.2. The van der Waals surface area contributed by atoms with Crippen molar-refractivity contribution < 1.29 is 9.31 Å². The van der Waals surface area contributed by atoms with Gasteiger partial charge in [-0.05, 0) is 36.4 Å². The summed E-state index contributed by atoms with van der Waals surface area (Å²) in [6, 6.07) is 12.6. The molecule has 130 valence electrons. The predicted octanol–water partition coefficient (Wildman–Crippen LogP) is 3.81. The summed E-state index contributed by atoms with van der Waals surface area (Å²) in [5.41, 5.74) is 2.12. The van der Waals surface area contributed by atoms with E-state index in [0.29, 0.717) is 35.2 Å². The van der Waals surface area contributed by atoms with Gasteiger partial charge in [-0.25, -0.2) is 14.4 Å². The Kier molecular flexibility index (Phi) is 3.92. The molecule has 2 aromatic carbocycles. The van der Waals surface area contributed by atoms with E-state index in [1.54, 1.807) is 24.3 Å². The van der Waals surface area contributed by atoms with Gasteiger partial charge in [0, 0.05) is 30.5 Å². The smallest absolute Gasteiger partial charge is 0.270 e. The molecule has 0 atom stereocenters. The van der Waals surface area contributed by atoms with Crippen LogP contribution in [0.5, 0.6) is 0 Å². The van der Waals surface area contributed by atoms with E-state index in [4.69, 9.17) is 0 Å². The highest BCUT2D eigenvalue weighted by molar-refractivity contribution is 5.82. The van der Waals surface area contributed by atoms with Crippen molar-refractivity contribution in [2.45, 2.75) is 6.42 Å². The van der Waals surface area contributed by atoms with E-state index in [-0.39, 0.29) is 11.5 Å². The van der Waals surface area contributed by atoms with Gasteiger partial charge in [-0.15, -0.1) is 0 Å². The Morgan fingerprint density at radius 1 is 1.08 bits per heavy atom. The average Bonchev–Trinajstić information content (AvgIpc) is 3.03. The summed E-state index contributed by atoms with van der Waals surface area (Å²) >= 11 is 0. The number of fused-ring (bicyclic) bond motifs is 2. The molecule has 0 saturated carbocycles. The van der Waals surface area contributed by atoms with E-state index < -0.39 is 4.92 Å².